The molecule has 0 heteroatoms. The minimum atomic E-state index is -0.298. The molecule has 2 aliphatic rings. The lowest BCUT2D eigenvalue weighted by Gasteiger charge is -2.32. The fourth-order valence-electron chi connectivity index (χ4n) is 6.53. The number of rotatable bonds is 1. The van der Waals surface area contributed by atoms with E-state index in [1.807, 2.05) is 0 Å². The smallest absolute Gasteiger partial charge is 0.0619 e. The summed E-state index contributed by atoms with van der Waals surface area (Å²) in [5.41, 5.74) is 16.0. The van der Waals surface area contributed by atoms with Gasteiger partial charge in [-0.15, -0.1) is 0 Å². The number of hydrogen-bond acceptors (Lipinski definition) is 0. The van der Waals surface area contributed by atoms with E-state index in [2.05, 4.69) is 123 Å². The van der Waals surface area contributed by atoms with Crippen molar-refractivity contribution >= 4 is 0 Å². The third-order valence-corrected chi connectivity index (χ3v) is 7.55. The first kappa shape index (κ1) is 18.7. The van der Waals surface area contributed by atoms with E-state index in [0.717, 1.165) is 0 Å². The molecule has 1 spiro atoms. The van der Waals surface area contributed by atoms with Gasteiger partial charge in [0.25, 0.3) is 0 Å². The third kappa shape index (κ3) is 2.31. The van der Waals surface area contributed by atoms with E-state index in [4.69, 9.17) is 0 Å². The van der Waals surface area contributed by atoms with Gasteiger partial charge in [-0.3, -0.25) is 0 Å². The van der Waals surface area contributed by atoms with Crippen LogP contribution >= 0.6 is 0 Å². The second kappa shape index (κ2) is 6.56. The Balaban J connectivity index is 1.70. The molecule has 0 bridgehead atoms. The van der Waals surface area contributed by atoms with Crippen LogP contribution in [0.1, 0.15) is 33.4 Å². The van der Waals surface area contributed by atoms with Crippen molar-refractivity contribution in [1.29, 1.82) is 0 Å². The summed E-state index contributed by atoms with van der Waals surface area (Å²) in [4.78, 5) is 0. The van der Waals surface area contributed by atoms with E-state index in [1.165, 1.54) is 66.8 Å². The maximum absolute atomic E-state index is 2.35. The Kier molecular flexibility index (Phi) is 3.71. The summed E-state index contributed by atoms with van der Waals surface area (Å²) in [6, 6.07) is 40.9. The van der Waals surface area contributed by atoms with Crippen molar-refractivity contribution in [1.82, 2.24) is 0 Å². The van der Waals surface area contributed by atoms with Crippen LogP contribution in [0.2, 0.25) is 0 Å². The van der Waals surface area contributed by atoms with Gasteiger partial charge < -0.3 is 0 Å². The Labute approximate surface area is 195 Å². The topological polar surface area (TPSA) is 0 Å². The average molecular weight is 421 g/mol. The maximum atomic E-state index is 2.35. The predicted molar refractivity (Wildman–Crippen MR) is 138 cm³/mol. The van der Waals surface area contributed by atoms with E-state index in [1.54, 1.807) is 0 Å². The number of fused-ring (bicyclic) bond motifs is 10. The molecule has 0 aliphatic heterocycles. The largest absolute Gasteiger partial charge is 0.0731 e. The van der Waals surface area contributed by atoms with Crippen LogP contribution in [0, 0.1) is 13.8 Å². The van der Waals surface area contributed by atoms with Crippen molar-refractivity contribution in [2.75, 3.05) is 0 Å². The quantitative estimate of drug-likeness (QED) is 0.250. The van der Waals surface area contributed by atoms with E-state index in [-0.39, 0.29) is 5.41 Å². The fraction of sp³-hybridized carbons (Fsp3) is 0.0909. The van der Waals surface area contributed by atoms with Gasteiger partial charge in [-0.05, 0) is 69.5 Å². The Morgan fingerprint density at radius 3 is 1.39 bits per heavy atom. The molecule has 0 radical (unpaired) electrons. The number of aryl methyl sites for hydroxylation is 2. The van der Waals surface area contributed by atoms with Crippen LogP contribution in [0.15, 0.2) is 109 Å². The normalized spacial score (nSPS) is 14.0. The van der Waals surface area contributed by atoms with E-state index in [0.29, 0.717) is 0 Å². The molecule has 0 nitrogen and oxygen atoms in total. The van der Waals surface area contributed by atoms with Crippen molar-refractivity contribution in [2.24, 2.45) is 0 Å². The molecule has 5 aromatic carbocycles. The van der Waals surface area contributed by atoms with E-state index >= 15 is 0 Å². The molecule has 0 N–H and O–H groups in total. The summed E-state index contributed by atoms with van der Waals surface area (Å²) in [6.45, 7) is 4.40. The Hall–Kier alpha value is -3.90. The molecule has 7 rings (SSSR count). The Morgan fingerprint density at radius 1 is 0.424 bits per heavy atom. The van der Waals surface area contributed by atoms with Crippen LogP contribution in [0.4, 0.5) is 0 Å². The molecule has 0 saturated carbocycles. The first-order valence-electron chi connectivity index (χ1n) is 11.7. The molecule has 0 amide bonds. The molecule has 0 heterocycles. The molecule has 33 heavy (non-hydrogen) atoms. The van der Waals surface area contributed by atoms with Crippen LogP contribution in [-0.4, -0.2) is 0 Å². The lowest BCUT2D eigenvalue weighted by Crippen LogP contribution is -2.26. The highest BCUT2D eigenvalue weighted by Gasteiger charge is 2.52. The van der Waals surface area contributed by atoms with Crippen molar-refractivity contribution in [3.8, 4) is 33.4 Å². The van der Waals surface area contributed by atoms with Gasteiger partial charge in [-0.1, -0.05) is 120 Å². The first-order chi connectivity index (χ1) is 16.2. The van der Waals surface area contributed by atoms with E-state index < -0.39 is 0 Å². The Bertz CT molecular complexity index is 1500. The standard InChI is InChI=1S/C33H24/c1-21-18-22(2)20-23(19-21)24-13-9-14-28-27-12-5-8-17-31(27)33(32(24)28)29-15-6-3-10-25(29)26-11-4-7-16-30(26)33/h3-20H,1-2H3. The zero-order chi connectivity index (χ0) is 22.2. The van der Waals surface area contributed by atoms with Crippen LogP contribution < -0.4 is 0 Å². The molecule has 156 valence electrons. The average Bonchev–Trinajstić information content (AvgIpc) is 3.31. The second-order valence-electron chi connectivity index (χ2n) is 9.49. The summed E-state index contributed by atoms with van der Waals surface area (Å²) in [6.07, 6.45) is 0. The van der Waals surface area contributed by atoms with Crippen molar-refractivity contribution < 1.29 is 0 Å². The Morgan fingerprint density at radius 2 is 0.848 bits per heavy atom. The molecular formula is C33H24. The lowest BCUT2D eigenvalue weighted by atomic mass is 9.68. The van der Waals surface area contributed by atoms with Crippen LogP contribution in [0.5, 0.6) is 0 Å². The van der Waals surface area contributed by atoms with Crippen molar-refractivity contribution in [3.63, 3.8) is 0 Å². The molecule has 0 unspecified atom stereocenters. The summed E-state index contributed by atoms with van der Waals surface area (Å²) in [5, 5.41) is 0. The van der Waals surface area contributed by atoms with Crippen LogP contribution in [-0.2, 0) is 5.41 Å². The van der Waals surface area contributed by atoms with E-state index in [9.17, 15) is 0 Å². The second-order valence-corrected chi connectivity index (χ2v) is 9.49. The van der Waals surface area contributed by atoms with Gasteiger partial charge in [0.2, 0.25) is 0 Å². The minimum absolute atomic E-state index is 0.298. The zero-order valence-corrected chi connectivity index (χ0v) is 18.9. The molecule has 0 aromatic heterocycles. The van der Waals surface area contributed by atoms with Crippen LogP contribution in [0.3, 0.4) is 0 Å². The maximum Gasteiger partial charge on any atom is 0.0731 e. The monoisotopic (exact) mass is 420 g/mol. The molecular weight excluding hydrogens is 396 g/mol. The van der Waals surface area contributed by atoms with Gasteiger partial charge >= 0.3 is 0 Å². The number of benzene rings is 5. The SMILES string of the molecule is Cc1cc(C)cc(-c2cccc3c2C2(c4ccccc4-c4ccccc42)c2ccccc2-3)c1. The first-order valence-corrected chi connectivity index (χ1v) is 11.7. The predicted octanol–water partition coefficient (Wildman–Crippen LogP) is 8.31. The number of hydrogen-bond donors (Lipinski definition) is 0. The van der Waals surface area contributed by atoms with Gasteiger partial charge in [-0.25, -0.2) is 0 Å². The fourth-order valence-corrected chi connectivity index (χ4v) is 6.53. The van der Waals surface area contributed by atoms with Gasteiger partial charge in [0.1, 0.15) is 0 Å². The molecule has 0 saturated heterocycles. The summed E-state index contributed by atoms with van der Waals surface area (Å²) in [5.74, 6) is 0. The molecule has 2 aliphatic carbocycles. The van der Waals surface area contributed by atoms with Gasteiger partial charge in [0.05, 0.1) is 5.41 Å². The van der Waals surface area contributed by atoms with Gasteiger partial charge in [0.15, 0.2) is 0 Å². The highest BCUT2D eigenvalue weighted by molar-refractivity contribution is 5.98. The van der Waals surface area contributed by atoms with Crippen molar-refractivity contribution in [3.05, 3.63) is 143 Å². The third-order valence-electron chi connectivity index (χ3n) is 7.55. The minimum Gasteiger partial charge on any atom is -0.0619 e. The molecule has 0 fully saturated rings. The van der Waals surface area contributed by atoms with Gasteiger partial charge in [-0.2, -0.15) is 0 Å². The summed E-state index contributed by atoms with van der Waals surface area (Å²) >= 11 is 0. The lowest BCUT2D eigenvalue weighted by molar-refractivity contribution is 0.795. The highest BCUT2D eigenvalue weighted by Crippen LogP contribution is 2.64. The van der Waals surface area contributed by atoms with Crippen molar-refractivity contribution in [2.45, 2.75) is 19.3 Å². The summed E-state index contributed by atoms with van der Waals surface area (Å²) < 4.78 is 0. The zero-order valence-electron chi connectivity index (χ0n) is 18.9. The molecule has 0 atom stereocenters. The van der Waals surface area contributed by atoms with Gasteiger partial charge in [0, 0.05) is 0 Å². The molecule has 5 aromatic rings. The highest BCUT2D eigenvalue weighted by atomic mass is 14.5. The van der Waals surface area contributed by atoms with Crippen LogP contribution in [0.25, 0.3) is 33.4 Å². The summed E-state index contributed by atoms with van der Waals surface area (Å²) in [7, 11) is 0.